The summed E-state index contributed by atoms with van der Waals surface area (Å²) in [6.45, 7) is 4.67. The standard InChI is InChI=1S/C13H20ClN3O2.ClH/c1-9-11(13(14)19-17-9)4-5-12(18)16-8-10-3-2-6-15-7-10;/h10,15H,2-8H2,1H3,(H,16,18);1H. The van der Waals surface area contributed by atoms with Crippen molar-refractivity contribution < 1.29 is 9.32 Å². The Morgan fingerprint density at radius 3 is 3.00 bits per heavy atom. The van der Waals surface area contributed by atoms with E-state index < -0.39 is 0 Å². The summed E-state index contributed by atoms with van der Waals surface area (Å²) in [6, 6.07) is 0. The van der Waals surface area contributed by atoms with E-state index >= 15 is 0 Å². The highest BCUT2D eigenvalue weighted by Crippen LogP contribution is 2.20. The summed E-state index contributed by atoms with van der Waals surface area (Å²) >= 11 is 5.86. The molecule has 1 saturated heterocycles. The van der Waals surface area contributed by atoms with Crippen LogP contribution in [0.3, 0.4) is 0 Å². The van der Waals surface area contributed by atoms with Gasteiger partial charge in [-0.2, -0.15) is 0 Å². The number of carbonyl (C=O) groups is 1. The molecule has 0 bridgehead atoms. The van der Waals surface area contributed by atoms with Crippen molar-refractivity contribution in [3.05, 3.63) is 16.5 Å². The lowest BCUT2D eigenvalue weighted by Crippen LogP contribution is -2.38. The lowest BCUT2D eigenvalue weighted by atomic mass is 10.00. The zero-order valence-electron chi connectivity index (χ0n) is 11.6. The van der Waals surface area contributed by atoms with Crippen LogP contribution in [0.4, 0.5) is 0 Å². The highest BCUT2D eigenvalue weighted by atomic mass is 35.5. The largest absolute Gasteiger partial charge is 0.356 e. The molecule has 2 N–H and O–H groups in total. The van der Waals surface area contributed by atoms with Crippen LogP contribution in [0.2, 0.25) is 5.22 Å². The van der Waals surface area contributed by atoms with Crippen molar-refractivity contribution in [2.75, 3.05) is 19.6 Å². The van der Waals surface area contributed by atoms with Gasteiger partial charge in [0.15, 0.2) is 0 Å². The maximum atomic E-state index is 11.8. The summed E-state index contributed by atoms with van der Waals surface area (Å²) in [5.74, 6) is 0.612. The Labute approximate surface area is 130 Å². The molecule has 1 atom stereocenters. The topological polar surface area (TPSA) is 67.2 Å². The number of halogens is 2. The minimum atomic E-state index is 0. The third kappa shape index (κ3) is 4.96. The summed E-state index contributed by atoms with van der Waals surface area (Å²) < 4.78 is 4.86. The smallest absolute Gasteiger partial charge is 0.229 e. The fourth-order valence-corrected chi connectivity index (χ4v) is 2.59. The molecule has 1 amide bonds. The molecule has 1 aromatic heterocycles. The van der Waals surface area contributed by atoms with E-state index in [1.165, 1.54) is 12.8 Å². The highest BCUT2D eigenvalue weighted by Gasteiger charge is 2.15. The first-order valence-electron chi connectivity index (χ1n) is 6.75. The van der Waals surface area contributed by atoms with Gasteiger partial charge in [0.05, 0.1) is 5.69 Å². The van der Waals surface area contributed by atoms with Crippen LogP contribution in [0.1, 0.15) is 30.5 Å². The third-order valence-corrected chi connectivity index (χ3v) is 3.82. The van der Waals surface area contributed by atoms with Crippen LogP contribution in [0, 0.1) is 12.8 Å². The molecule has 1 fully saturated rings. The molecule has 114 valence electrons. The lowest BCUT2D eigenvalue weighted by molar-refractivity contribution is -0.121. The zero-order chi connectivity index (χ0) is 13.7. The van der Waals surface area contributed by atoms with Crippen molar-refractivity contribution in [3.63, 3.8) is 0 Å². The van der Waals surface area contributed by atoms with Gasteiger partial charge in [-0.3, -0.25) is 4.79 Å². The molecule has 1 aromatic rings. The first-order chi connectivity index (χ1) is 9.16. The van der Waals surface area contributed by atoms with Gasteiger partial charge in [-0.25, -0.2) is 0 Å². The molecule has 0 aromatic carbocycles. The molecule has 2 rings (SSSR count). The Morgan fingerprint density at radius 1 is 1.60 bits per heavy atom. The predicted octanol–water partition coefficient (Wildman–Crippen LogP) is 2.11. The number of hydrogen-bond donors (Lipinski definition) is 2. The fourth-order valence-electron chi connectivity index (χ4n) is 2.32. The van der Waals surface area contributed by atoms with Gasteiger partial charge in [0.2, 0.25) is 11.1 Å². The van der Waals surface area contributed by atoms with Gasteiger partial charge in [0.25, 0.3) is 0 Å². The predicted molar refractivity (Wildman–Crippen MR) is 80.4 cm³/mol. The normalized spacial score (nSPS) is 18.4. The third-order valence-electron chi connectivity index (χ3n) is 3.53. The Morgan fingerprint density at radius 2 is 2.40 bits per heavy atom. The molecule has 20 heavy (non-hydrogen) atoms. The van der Waals surface area contributed by atoms with Crippen molar-refractivity contribution in [3.8, 4) is 0 Å². The van der Waals surface area contributed by atoms with Crippen LogP contribution in [-0.2, 0) is 11.2 Å². The van der Waals surface area contributed by atoms with Gasteiger partial charge in [-0.1, -0.05) is 5.16 Å². The SMILES string of the molecule is Cc1noc(Cl)c1CCC(=O)NCC1CCCNC1.Cl. The van der Waals surface area contributed by atoms with Crippen molar-refractivity contribution in [1.82, 2.24) is 15.8 Å². The van der Waals surface area contributed by atoms with E-state index in [4.69, 9.17) is 16.1 Å². The number of amides is 1. The number of nitrogens with one attached hydrogen (secondary N) is 2. The Bertz CT molecular complexity index is 412. The summed E-state index contributed by atoms with van der Waals surface area (Å²) in [5.41, 5.74) is 1.59. The van der Waals surface area contributed by atoms with Crippen molar-refractivity contribution >= 4 is 29.9 Å². The van der Waals surface area contributed by atoms with Crippen LogP contribution in [0.5, 0.6) is 0 Å². The first kappa shape index (κ1) is 17.3. The minimum Gasteiger partial charge on any atom is -0.356 e. The summed E-state index contributed by atoms with van der Waals surface area (Å²) in [5, 5.41) is 10.4. The van der Waals surface area contributed by atoms with E-state index in [-0.39, 0.29) is 18.3 Å². The van der Waals surface area contributed by atoms with E-state index in [1.54, 1.807) is 0 Å². The number of aromatic nitrogens is 1. The molecule has 7 heteroatoms. The van der Waals surface area contributed by atoms with E-state index in [0.29, 0.717) is 24.0 Å². The van der Waals surface area contributed by atoms with Gasteiger partial charge >= 0.3 is 0 Å². The molecular formula is C13H21Cl2N3O2. The van der Waals surface area contributed by atoms with Crippen LogP contribution in [-0.4, -0.2) is 30.7 Å². The first-order valence-corrected chi connectivity index (χ1v) is 7.12. The monoisotopic (exact) mass is 321 g/mol. The molecule has 1 unspecified atom stereocenters. The van der Waals surface area contributed by atoms with E-state index in [9.17, 15) is 4.79 Å². The van der Waals surface area contributed by atoms with Crippen molar-refractivity contribution in [1.29, 1.82) is 0 Å². The molecule has 1 aliphatic rings. The Balaban J connectivity index is 0.00000200. The van der Waals surface area contributed by atoms with Crippen LogP contribution >= 0.6 is 24.0 Å². The average molecular weight is 322 g/mol. The van der Waals surface area contributed by atoms with Gasteiger partial charge in [0.1, 0.15) is 0 Å². The second-order valence-electron chi connectivity index (χ2n) is 5.04. The molecule has 0 aliphatic carbocycles. The molecule has 0 radical (unpaired) electrons. The molecule has 0 saturated carbocycles. The second kappa shape index (κ2) is 8.49. The maximum Gasteiger partial charge on any atom is 0.229 e. The van der Waals surface area contributed by atoms with Crippen molar-refractivity contribution in [2.24, 2.45) is 5.92 Å². The highest BCUT2D eigenvalue weighted by molar-refractivity contribution is 6.29. The van der Waals surface area contributed by atoms with Gasteiger partial charge < -0.3 is 15.2 Å². The lowest BCUT2D eigenvalue weighted by Gasteiger charge is -2.22. The van der Waals surface area contributed by atoms with Crippen molar-refractivity contribution in [2.45, 2.75) is 32.6 Å². The number of piperidine rings is 1. The van der Waals surface area contributed by atoms with Crippen LogP contribution in [0.15, 0.2) is 4.52 Å². The summed E-state index contributed by atoms with van der Waals surface area (Å²) in [7, 11) is 0. The molecule has 5 nitrogen and oxygen atoms in total. The maximum absolute atomic E-state index is 11.8. The summed E-state index contributed by atoms with van der Waals surface area (Å²) in [6.07, 6.45) is 3.37. The molecule has 2 heterocycles. The van der Waals surface area contributed by atoms with E-state index in [2.05, 4.69) is 15.8 Å². The number of nitrogens with zero attached hydrogens (tertiary/aromatic N) is 1. The summed E-state index contributed by atoms with van der Waals surface area (Å²) in [4.78, 5) is 11.8. The van der Waals surface area contributed by atoms with Crippen LogP contribution < -0.4 is 10.6 Å². The second-order valence-corrected chi connectivity index (χ2v) is 5.38. The van der Waals surface area contributed by atoms with Gasteiger partial charge in [0, 0.05) is 18.5 Å². The van der Waals surface area contributed by atoms with Gasteiger partial charge in [-0.05, 0) is 56.8 Å². The fraction of sp³-hybridized carbons (Fsp3) is 0.692. The number of hydrogen-bond acceptors (Lipinski definition) is 4. The molecular weight excluding hydrogens is 301 g/mol. The zero-order valence-corrected chi connectivity index (χ0v) is 13.1. The average Bonchev–Trinajstić information content (AvgIpc) is 2.75. The number of carbonyl (C=O) groups excluding carboxylic acids is 1. The van der Waals surface area contributed by atoms with E-state index in [1.807, 2.05) is 6.92 Å². The Kier molecular flexibility index (Phi) is 7.34. The minimum absolute atomic E-state index is 0. The Hall–Kier alpha value is -0.780. The number of aryl methyl sites for hydroxylation is 1. The van der Waals surface area contributed by atoms with Gasteiger partial charge in [-0.15, -0.1) is 12.4 Å². The van der Waals surface area contributed by atoms with Crippen LogP contribution in [0.25, 0.3) is 0 Å². The molecule has 0 spiro atoms. The number of rotatable bonds is 5. The molecule has 1 aliphatic heterocycles. The van der Waals surface area contributed by atoms with E-state index in [0.717, 1.165) is 30.9 Å². The quantitative estimate of drug-likeness (QED) is 0.871.